The summed E-state index contributed by atoms with van der Waals surface area (Å²) in [7, 11) is -2.03. The fourth-order valence-corrected chi connectivity index (χ4v) is 3.90. The number of halogens is 3. The van der Waals surface area contributed by atoms with Crippen LogP contribution in [0.25, 0.3) is 0 Å². The van der Waals surface area contributed by atoms with E-state index in [0.29, 0.717) is 17.6 Å². The molecule has 180 valence electrons. The topological polar surface area (TPSA) is 116 Å². The summed E-state index contributed by atoms with van der Waals surface area (Å²) in [6.07, 6.45) is -2.73. The maximum absolute atomic E-state index is 13.5. The van der Waals surface area contributed by atoms with Gasteiger partial charge < -0.3 is 16.0 Å². The summed E-state index contributed by atoms with van der Waals surface area (Å²) in [6, 6.07) is 5.04. The van der Waals surface area contributed by atoms with E-state index in [1.54, 1.807) is 32.0 Å². The van der Waals surface area contributed by atoms with Gasteiger partial charge in [0.15, 0.2) is 0 Å². The van der Waals surface area contributed by atoms with Gasteiger partial charge in [0.2, 0.25) is 21.9 Å². The SMILES string of the molecule is CN(CC(C)(C)CNc1nc(Nc2ccc3c(c2)CC(=O)N3)ncc1C(F)(F)F)S(C)(=O)=O. The van der Waals surface area contributed by atoms with Crippen molar-refractivity contribution in [1.29, 1.82) is 0 Å². The van der Waals surface area contributed by atoms with Crippen LogP contribution in [0.4, 0.5) is 36.3 Å². The standard InChI is InChI=1S/C20H25F3N6O3S/c1-19(2,11-29(3)33(4,31)32)10-25-17-14(20(21,22)23)9-24-18(28-17)26-13-5-6-15-12(7-13)8-16(30)27-15/h5-7,9H,8,10-11H2,1-4H3,(H,27,30)(H2,24,25,26,28). The highest BCUT2D eigenvalue weighted by atomic mass is 32.2. The Morgan fingerprint density at radius 1 is 1.24 bits per heavy atom. The number of hydrogen-bond donors (Lipinski definition) is 3. The number of alkyl halides is 3. The molecule has 13 heteroatoms. The third kappa shape index (κ3) is 6.32. The van der Waals surface area contributed by atoms with E-state index >= 15 is 0 Å². The zero-order valence-electron chi connectivity index (χ0n) is 18.5. The van der Waals surface area contributed by atoms with E-state index in [4.69, 9.17) is 0 Å². The summed E-state index contributed by atoms with van der Waals surface area (Å²) in [5.74, 6) is -0.620. The van der Waals surface area contributed by atoms with Crippen molar-refractivity contribution < 1.29 is 26.4 Å². The number of rotatable bonds is 8. The quantitative estimate of drug-likeness (QED) is 0.525. The normalized spacial score (nSPS) is 14.2. The van der Waals surface area contributed by atoms with Crippen molar-refractivity contribution >= 4 is 39.1 Å². The molecule has 2 heterocycles. The van der Waals surface area contributed by atoms with Gasteiger partial charge in [0.1, 0.15) is 11.4 Å². The summed E-state index contributed by atoms with van der Waals surface area (Å²) in [6.45, 7) is 3.58. The predicted molar refractivity (Wildman–Crippen MR) is 119 cm³/mol. The van der Waals surface area contributed by atoms with Crippen LogP contribution in [0, 0.1) is 5.41 Å². The van der Waals surface area contributed by atoms with E-state index < -0.39 is 33.0 Å². The molecule has 3 rings (SSSR count). The fourth-order valence-electron chi connectivity index (χ4n) is 3.32. The fraction of sp³-hybridized carbons (Fsp3) is 0.450. The van der Waals surface area contributed by atoms with Crippen LogP contribution in [0.2, 0.25) is 0 Å². The minimum Gasteiger partial charge on any atom is -0.369 e. The van der Waals surface area contributed by atoms with Crippen LogP contribution in [0.1, 0.15) is 25.0 Å². The van der Waals surface area contributed by atoms with Crippen LogP contribution in [0.3, 0.4) is 0 Å². The molecule has 1 aromatic carbocycles. The molecule has 33 heavy (non-hydrogen) atoms. The Balaban J connectivity index is 1.81. The summed E-state index contributed by atoms with van der Waals surface area (Å²) < 4.78 is 65.0. The van der Waals surface area contributed by atoms with E-state index in [2.05, 4.69) is 25.9 Å². The number of nitrogens with zero attached hydrogens (tertiary/aromatic N) is 3. The van der Waals surface area contributed by atoms with Crippen LogP contribution >= 0.6 is 0 Å². The lowest BCUT2D eigenvalue weighted by molar-refractivity contribution is -0.137. The molecule has 0 bridgehead atoms. The average molecular weight is 487 g/mol. The first-order chi connectivity index (χ1) is 15.1. The number of sulfonamides is 1. The monoisotopic (exact) mass is 486 g/mol. The molecule has 1 aromatic heterocycles. The molecule has 0 atom stereocenters. The van der Waals surface area contributed by atoms with E-state index in [1.165, 1.54) is 7.05 Å². The Hall–Kier alpha value is -2.93. The maximum Gasteiger partial charge on any atom is 0.421 e. The molecule has 0 spiro atoms. The highest BCUT2D eigenvalue weighted by Crippen LogP contribution is 2.35. The van der Waals surface area contributed by atoms with E-state index in [9.17, 15) is 26.4 Å². The van der Waals surface area contributed by atoms with Gasteiger partial charge in [-0.3, -0.25) is 4.79 Å². The van der Waals surface area contributed by atoms with Gasteiger partial charge in [-0.1, -0.05) is 13.8 Å². The lowest BCUT2D eigenvalue weighted by atomic mass is 9.93. The first-order valence-corrected chi connectivity index (χ1v) is 11.8. The van der Waals surface area contributed by atoms with Crippen LogP contribution in [0.5, 0.6) is 0 Å². The van der Waals surface area contributed by atoms with Crippen molar-refractivity contribution in [3.63, 3.8) is 0 Å². The predicted octanol–water partition coefficient (Wildman–Crippen LogP) is 3.06. The summed E-state index contributed by atoms with van der Waals surface area (Å²) >= 11 is 0. The van der Waals surface area contributed by atoms with Gasteiger partial charge in [-0.25, -0.2) is 17.7 Å². The van der Waals surface area contributed by atoms with E-state index in [0.717, 1.165) is 16.1 Å². The summed E-state index contributed by atoms with van der Waals surface area (Å²) in [5, 5.41) is 8.26. The number of amides is 1. The molecule has 0 saturated carbocycles. The number of nitrogens with one attached hydrogen (secondary N) is 3. The molecular formula is C20H25F3N6O3S. The number of hydrogen-bond acceptors (Lipinski definition) is 7. The first kappa shape index (κ1) is 24.7. The highest BCUT2D eigenvalue weighted by molar-refractivity contribution is 7.88. The molecule has 1 aliphatic rings. The number of fused-ring (bicyclic) bond motifs is 1. The molecule has 0 fully saturated rings. The molecule has 2 aromatic rings. The number of carbonyl (C=O) groups excluding carboxylic acids is 1. The van der Waals surface area contributed by atoms with Gasteiger partial charge in [0, 0.05) is 37.7 Å². The van der Waals surface area contributed by atoms with Gasteiger partial charge in [0.05, 0.1) is 12.7 Å². The van der Waals surface area contributed by atoms with E-state index in [1.807, 2.05) is 0 Å². The third-order valence-corrected chi connectivity index (χ3v) is 6.29. The zero-order valence-corrected chi connectivity index (χ0v) is 19.4. The van der Waals surface area contributed by atoms with Crippen LogP contribution in [0.15, 0.2) is 24.4 Å². The molecule has 1 amide bonds. The van der Waals surface area contributed by atoms with Gasteiger partial charge in [-0.15, -0.1) is 0 Å². The minimum absolute atomic E-state index is 0.0268. The molecule has 3 N–H and O–H groups in total. The first-order valence-electron chi connectivity index (χ1n) is 9.93. The van der Waals surface area contributed by atoms with Gasteiger partial charge in [0.25, 0.3) is 0 Å². The lowest BCUT2D eigenvalue weighted by Crippen LogP contribution is -2.39. The molecule has 9 nitrogen and oxygen atoms in total. The van der Waals surface area contributed by atoms with Gasteiger partial charge in [-0.2, -0.15) is 18.2 Å². The molecular weight excluding hydrogens is 461 g/mol. The lowest BCUT2D eigenvalue weighted by Gasteiger charge is -2.30. The second-order valence-electron chi connectivity index (χ2n) is 8.71. The molecule has 0 aliphatic carbocycles. The Labute approximate surface area is 189 Å². The van der Waals surface area contributed by atoms with Crippen LogP contribution in [-0.4, -0.2) is 55.0 Å². The second-order valence-corrected chi connectivity index (χ2v) is 10.8. The van der Waals surface area contributed by atoms with Gasteiger partial charge in [-0.05, 0) is 29.2 Å². The number of benzene rings is 1. The van der Waals surface area contributed by atoms with Crippen LogP contribution in [-0.2, 0) is 27.4 Å². The highest BCUT2D eigenvalue weighted by Gasteiger charge is 2.36. The van der Waals surface area contributed by atoms with Crippen molar-refractivity contribution in [1.82, 2.24) is 14.3 Å². The minimum atomic E-state index is -4.69. The maximum atomic E-state index is 13.5. The second kappa shape index (κ2) is 8.78. The number of carbonyl (C=O) groups is 1. The largest absolute Gasteiger partial charge is 0.421 e. The van der Waals surface area contributed by atoms with Crippen molar-refractivity contribution in [2.75, 3.05) is 42.3 Å². The Morgan fingerprint density at radius 3 is 2.58 bits per heavy atom. The molecule has 1 aliphatic heterocycles. The van der Waals surface area contributed by atoms with Crippen molar-refractivity contribution in [2.24, 2.45) is 5.41 Å². The zero-order chi connectivity index (χ0) is 24.6. The van der Waals surface area contributed by atoms with Crippen molar-refractivity contribution in [3.8, 4) is 0 Å². The molecule has 0 unspecified atom stereocenters. The Bertz CT molecular complexity index is 1170. The summed E-state index contributed by atoms with van der Waals surface area (Å²) in [5.41, 5.74) is 0.225. The average Bonchev–Trinajstić information content (AvgIpc) is 3.04. The number of anilines is 4. The Kier molecular flexibility index (Phi) is 6.58. The van der Waals surface area contributed by atoms with Crippen molar-refractivity contribution in [3.05, 3.63) is 35.5 Å². The van der Waals surface area contributed by atoms with E-state index in [-0.39, 0.29) is 31.4 Å². The number of aromatic nitrogens is 2. The smallest absolute Gasteiger partial charge is 0.369 e. The molecule has 0 radical (unpaired) electrons. The molecule has 0 saturated heterocycles. The van der Waals surface area contributed by atoms with Gasteiger partial charge >= 0.3 is 6.18 Å². The Morgan fingerprint density at radius 2 is 1.94 bits per heavy atom. The third-order valence-electron chi connectivity index (χ3n) is 5.03. The van der Waals surface area contributed by atoms with Crippen LogP contribution < -0.4 is 16.0 Å². The summed E-state index contributed by atoms with van der Waals surface area (Å²) in [4.78, 5) is 19.3. The van der Waals surface area contributed by atoms with Crippen molar-refractivity contribution in [2.45, 2.75) is 26.4 Å².